The van der Waals surface area contributed by atoms with Crippen LogP contribution in [-0.2, 0) is 11.3 Å². The molecule has 8 heteroatoms. The number of amides is 2. The summed E-state index contributed by atoms with van der Waals surface area (Å²) in [6, 6.07) is -1.93. The minimum absolute atomic E-state index is 0.273. The molecule has 4 N–H and O–H groups in total. The minimum Gasteiger partial charge on any atom is -0.480 e. The van der Waals surface area contributed by atoms with Gasteiger partial charge in [-0.3, -0.25) is 0 Å². The largest absolute Gasteiger partial charge is 0.480 e. The Labute approximate surface area is 101 Å². The van der Waals surface area contributed by atoms with E-state index >= 15 is 0 Å². The van der Waals surface area contributed by atoms with Crippen LogP contribution in [0.1, 0.15) is 9.88 Å². The summed E-state index contributed by atoms with van der Waals surface area (Å²) >= 11 is 1.44. The van der Waals surface area contributed by atoms with Crippen molar-refractivity contribution in [2.45, 2.75) is 19.5 Å². The van der Waals surface area contributed by atoms with E-state index < -0.39 is 24.6 Å². The highest BCUT2D eigenvalue weighted by Crippen LogP contribution is 2.10. The molecule has 0 radical (unpaired) electrons. The third kappa shape index (κ3) is 4.37. The second-order valence-electron chi connectivity index (χ2n) is 3.25. The fourth-order valence-corrected chi connectivity index (χ4v) is 1.78. The van der Waals surface area contributed by atoms with Gasteiger partial charge in [0.05, 0.1) is 18.2 Å². The first-order valence-electron chi connectivity index (χ1n) is 4.82. The van der Waals surface area contributed by atoms with E-state index in [9.17, 15) is 9.59 Å². The molecule has 1 rings (SSSR count). The first-order valence-corrected chi connectivity index (χ1v) is 5.64. The van der Waals surface area contributed by atoms with Crippen molar-refractivity contribution in [3.8, 4) is 0 Å². The zero-order valence-corrected chi connectivity index (χ0v) is 9.95. The number of aliphatic carboxylic acids is 1. The number of carboxylic acid groups (broad SMARTS) is 1. The number of aliphatic hydroxyl groups is 1. The topological polar surface area (TPSA) is 112 Å². The van der Waals surface area contributed by atoms with E-state index in [1.165, 1.54) is 11.3 Å². The molecule has 0 fully saturated rings. The molecule has 0 aliphatic rings. The number of aromatic nitrogens is 1. The fourth-order valence-electron chi connectivity index (χ4n) is 1.05. The third-order valence-electron chi connectivity index (χ3n) is 1.88. The molecule has 1 unspecified atom stereocenters. The molecule has 0 saturated heterocycles. The molecule has 1 atom stereocenters. The van der Waals surface area contributed by atoms with E-state index in [0.29, 0.717) is 0 Å². The monoisotopic (exact) mass is 259 g/mol. The summed E-state index contributed by atoms with van der Waals surface area (Å²) in [7, 11) is 0. The van der Waals surface area contributed by atoms with Crippen LogP contribution in [0.25, 0.3) is 0 Å². The van der Waals surface area contributed by atoms with Gasteiger partial charge < -0.3 is 20.8 Å². The summed E-state index contributed by atoms with van der Waals surface area (Å²) in [5.41, 5.74) is 0. The van der Waals surface area contributed by atoms with Crippen LogP contribution in [0.4, 0.5) is 4.79 Å². The van der Waals surface area contributed by atoms with Gasteiger partial charge in [-0.2, -0.15) is 0 Å². The van der Waals surface area contributed by atoms with E-state index in [1.54, 1.807) is 6.20 Å². The van der Waals surface area contributed by atoms with Crippen molar-refractivity contribution in [1.82, 2.24) is 15.6 Å². The van der Waals surface area contributed by atoms with Gasteiger partial charge in [-0.25, -0.2) is 14.6 Å². The Bertz CT molecular complexity index is 407. The predicted octanol–water partition coefficient (Wildman–Crippen LogP) is -0.304. The van der Waals surface area contributed by atoms with Crippen molar-refractivity contribution < 1.29 is 19.8 Å². The molecule has 0 aliphatic heterocycles. The number of hydrogen-bond donors (Lipinski definition) is 4. The third-order valence-corrected chi connectivity index (χ3v) is 2.79. The number of hydrogen-bond acceptors (Lipinski definition) is 5. The van der Waals surface area contributed by atoms with Gasteiger partial charge in [0, 0.05) is 11.1 Å². The lowest BCUT2D eigenvalue weighted by atomic mass is 10.3. The molecule has 1 aromatic rings. The molecule has 1 aromatic heterocycles. The van der Waals surface area contributed by atoms with Crippen LogP contribution in [0.15, 0.2) is 6.20 Å². The number of nitrogens with one attached hydrogen (secondary N) is 2. The van der Waals surface area contributed by atoms with Crippen LogP contribution in [0.5, 0.6) is 0 Å². The van der Waals surface area contributed by atoms with Gasteiger partial charge in [-0.05, 0) is 6.92 Å². The average molecular weight is 259 g/mol. The van der Waals surface area contributed by atoms with Crippen molar-refractivity contribution in [3.63, 3.8) is 0 Å². The van der Waals surface area contributed by atoms with Crippen LogP contribution in [-0.4, -0.2) is 39.8 Å². The van der Waals surface area contributed by atoms with E-state index in [0.717, 1.165) is 9.88 Å². The van der Waals surface area contributed by atoms with Gasteiger partial charge in [0.1, 0.15) is 0 Å². The molecule has 17 heavy (non-hydrogen) atoms. The molecule has 1 heterocycles. The smallest absolute Gasteiger partial charge is 0.328 e. The van der Waals surface area contributed by atoms with Crippen molar-refractivity contribution in [2.24, 2.45) is 0 Å². The highest BCUT2D eigenvalue weighted by molar-refractivity contribution is 7.11. The van der Waals surface area contributed by atoms with Gasteiger partial charge >= 0.3 is 12.0 Å². The van der Waals surface area contributed by atoms with Gasteiger partial charge in [0.2, 0.25) is 0 Å². The van der Waals surface area contributed by atoms with E-state index in [2.05, 4.69) is 15.6 Å². The summed E-state index contributed by atoms with van der Waals surface area (Å²) in [6.45, 7) is 1.47. The van der Waals surface area contributed by atoms with Crippen LogP contribution >= 0.6 is 11.3 Å². The number of aryl methyl sites for hydroxylation is 1. The normalized spacial score (nSPS) is 11.9. The van der Waals surface area contributed by atoms with Crippen LogP contribution in [0, 0.1) is 6.92 Å². The van der Waals surface area contributed by atoms with Gasteiger partial charge in [0.25, 0.3) is 0 Å². The van der Waals surface area contributed by atoms with Crippen LogP contribution in [0.3, 0.4) is 0 Å². The molecular formula is C9H13N3O4S. The van der Waals surface area contributed by atoms with Crippen molar-refractivity contribution in [3.05, 3.63) is 16.1 Å². The lowest BCUT2D eigenvalue weighted by Gasteiger charge is -2.11. The highest BCUT2D eigenvalue weighted by atomic mass is 32.1. The lowest BCUT2D eigenvalue weighted by Crippen LogP contribution is -2.47. The van der Waals surface area contributed by atoms with Gasteiger partial charge in [-0.15, -0.1) is 11.3 Å². The Morgan fingerprint density at radius 2 is 2.29 bits per heavy atom. The summed E-state index contributed by atoms with van der Waals surface area (Å²) in [6.07, 6.45) is 1.64. The fraction of sp³-hybridized carbons (Fsp3) is 0.444. The maximum atomic E-state index is 11.3. The number of carboxylic acids is 1. The molecule has 0 saturated carbocycles. The second-order valence-corrected chi connectivity index (χ2v) is 4.57. The SMILES string of the molecule is Cc1ncc(CNC(=O)NC(CO)C(=O)O)s1. The maximum absolute atomic E-state index is 11.3. The number of urea groups is 1. The molecular weight excluding hydrogens is 246 g/mol. The Balaban J connectivity index is 2.37. The quantitative estimate of drug-likeness (QED) is 0.580. The van der Waals surface area contributed by atoms with E-state index in [4.69, 9.17) is 10.2 Å². The summed E-state index contributed by atoms with van der Waals surface area (Å²) < 4.78 is 0. The standard InChI is InChI=1S/C9H13N3O4S/c1-5-10-2-6(17-5)3-11-9(16)12-7(4-13)8(14)15/h2,7,13H,3-4H2,1H3,(H,14,15)(H2,11,12,16). The Kier molecular flexibility index (Phi) is 4.85. The Hall–Kier alpha value is -1.67. The predicted molar refractivity (Wildman–Crippen MR) is 60.7 cm³/mol. The van der Waals surface area contributed by atoms with Gasteiger partial charge in [0.15, 0.2) is 6.04 Å². The molecule has 7 nitrogen and oxygen atoms in total. The zero-order chi connectivity index (χ0) is 12.8. The summed E-state index contributed by atoms with van der Waals surface area (Å²) in [4.78, 5) is 26.7. The zero-order valence-electron chi connectivity index (χ0n) is 9.14. The van der Waals surface area contributed by atoms with Gasteiger partial charge in [-0.1, -0.05) is 0 Å². The molecule has 94 valence electrons. The molecule has 0 aliphatic carbocycles. The molecule has 0 bridgehead atoms. The van der Waals surface area contributed by atoms with E-state index in [1.807, 2.05) is 6.92 Å². The Morgan fingerprint density at radius 3 is 2.76 bits per heavy atom. The van der Waals surface area contributed by atoms with Crippen LogP contribution < -0.4 is 10.6 Å². The lowest BCUT2D eigenvalue weighted by molar-refractivity contribution is -0.140. The first-order chi connectivity index (χ1) is 8.02. The number of rotatable bonds is 5. The summed E-state index contributed by atoms with van der Waals surface area (Å²) in [5.74, 6) is -1.28. The first kappa shape index (κ1) is 13.4. The number of thiazole rings is 1. The second kappa shape index (κ2) is 6.16. The van der Waals surface area contributed by atoms with Crippen molar-refractivity contribution in [2.75, 3.05) is 6.61 Å². The maximum Gasteiger partial charge on any atom is 0.328 e. The minimum atomic E-state index is -1.29. The Morgan fingerprint density at radius 1 is 1.59 bits per heavy atom. The number of carbonyl (C=O) groups excluding carboxylic acids is 1. The highest BCUT2D eigenvalue weighted by Gasteiger charge is 2.18. The van der Waals surface area contributed by atoms with Crippen molar-refractivity contribution >= 4 is 23.3 Å². The van der Waals surface area contributed by atoms with Crippen LogP contribution in [0.2, 0.25) is 0 Å². The average Bonchev–Trinajstić information content (AvgIpc) is 2.68. The number of carbonyl (C=O) groups is 2. The number of nitrogens with zero attached hydrogens (tertiary/aromatic N) is 1. The van der Waals surface area contributed by atoms with E-state index in [-0.39, 0.29) is 6.54 Å². The summed E-state index contributed by atoms with van der Waals surface area (Å²) in [5, 5.41) is 22.8. The molecule has 2 amide bonds. The molecule has 0 aromatic carbocycles. The number of aliphatic hydroxyl groups excluding tert-OH is 1. The molecule has 0 spiro atoms. The van der Waals surface area contributed by atoms with Crippen molar-refractivity contribution in [1.29, 1.82) is 0 Å².